The summed E-state index contributed by atoms with van der Waals surface area (Å²) in [6.07, 6.45) is 27.7. The molecule has 6 N–H and O–H groups in total. The number of unbranched alkanes of at least 4 members (excludes halogenated alkanes) is 18. The number of amides is 3. The number of benzene rings is 1. The Balaban J connectivity index is 2.62. The Morgan fingerprint density at radius 3 is 1.14 bits per heavy atom. The second kappa shape index (κ2) is 25.0. The quantitative estimate of drug-likeness (QED) is 0.0802. The van der Waals surface area contributed by atoms with Crippen LogP contribution in [0.15, 0.2) is 12.1 Å². The van der Waals surface area contributed by atoms with Gasteiger partial charge in [-0.3, -0.25) is 14.4 Å². The third-order valence-corrected chi connectivity index (χ3v) is 8.62. The Bertz CT molecular complexity index is 859. The summed E-state index contributed by atoms with van der Waals surface area (Å²) in [6, 6.07) is 2.77. The molecule has 43 heavy (non-hydrogen) atoms. The fourth-order valence-electron chi connectivity index (χ4n) is 5.98. The van der Waals surface area contributed by atoms with Crippen LogP contribution in [0.4, 0.5) is 0 Å². The summed E-state index contributed by atoms with van der Waals surface area (Å²) in [5, 5.41) is 0. The highest BCUT2D eigenvalue weighted by atomic mass is 16.2. The van der Waals surface area contributed by atoms with Crippen molar-refractivity contribution in [1.82, 2.24) is 4.90 Å². The molecule has 1 rings (SSSR count). The number of primary amides is 3. The average molecular weight is 601 g/mol. The lowest BCUT2D eigenvalue weighted by Crippen LogP contribution is -2.28. The molecule has 1 aromatic carbocycles. The lowest BCUT2D eigenvalue weighted by atomic mass is 9.93. The first-order valence-corrected chi connectivity index (χ1v) is 17.6. The summed E-state index contributed by atoms with van der Waals surface area (Å²) >= 11 is 0. The lowest BCUT2D eigenvalue weighted by Gasteiger charge is -2.23. The molecule has 0 bridgehead atoms. The van der Waals surface area contributed by atoms with E-state index in [1.165, 1.54) is 141 Å². The van der Waals surface area contributed by atoms with Gasteiger partial charge < -0.3 is 22.1 Å². The Hall–Kier alpha value is -2.41. The molecule has 0 spiro atoms. The van der Waals surface area contributed by atoms with E-state index < -0.39 is 17.7 Å². The Morgan fingerprint density at radius 2 is 0.814 bits per heavy atom. The van der Waals surface area contributed by atoms with E-state index in [1.807, 2.05) is 0 Å². The minimum absolute atomic E-state index is 0.0647. The number of rotatable bonds is 29. The molecule has 246 valence electrons. The van der Waals surface area contributed by atoms with E-state index in [1.54, 1.807) is 0 Å². The van der Waals surface area contributed by atoms with E-state index in [4.69, 9.17) is 17.2 Å². The first-order valence-electron chi connectivity index (χ1n) is 17.6. The number of hydrogen-bond donors (Lipinski definition) is 3. The van der Waals surface area contributed by atoms with Crippen LogP contribution < -0.4 is 17.2 Å². The van der Waals surface area contributed by atoms with Gasteiger partial charge in [0, 0.05) is 16.7 Å². The highest BCUT2D eigenvalue weighted by Crippen LogP contribution is 2.21. The lowest BCUT2D eigenvalue weighted by molar-refractivity contribution is 0.0998. The van der Waals surface area contributed by atoms with E-state index in [2.05, 4.69) is 18.7 Å². The summed E-state index contributed by atoms with van der Waals surface area (Å²) in [7, 11) is 0. The van der Waals surface area contributed by atoms with E-state index >= 15 is 0 Å². The third-order valence-electron chi connectivity index (χ3n) is 8.62. The highest BCUT2D eigenvalue weighted by Gasteiger charge is 2.20. The molecule has 0 radical (unpaired) electrons. The highest BCUT2D eigenvalue weighted by molar-refractivity contribution is 6.05. The van der Waals surface area contributed by atoms with Crippen LogP contribution in [0.1, 0.15) is 185 Å². The van der Waals surface area contributed by atoms with Crippen molar-refractivity contribution in [3.63, 3.8) is 0 Å². The van der Waals surface area contributed by atoms with Crippen LogP contribution in [0.25, 0.3) is 0 Å². The normalized spacial score (nSPS) is 11.3. The fraction of sp³-hybridized carbons (Fsp3) is 0.750. The molecule has 0 aliphatic heterocycles. The van der Waals surface area contributed by atoms with Gasteiger partial charge in [0.25, 0.3) is 0 Å². The van der Waals surface area contributed by atoms with Crippen LogP contribution in [0.5, 0.6) is 0 Å². The van der Waals surface area contributed by atoms with Gasteiger partial charge in [-0.15, -0.1) is 0 Å². The second-order valence-corrected chi connectivity index (χ2v) is 12.5. The van der Waals surface area contributed by atoms with E-state index in [9.17, 15) is 14.4 Å². The molecular formula is C36H64N4O3. The van der Waals surface area contributed by atoms with Gasteiger partial charge in [-0.1, -0.05) is 129 Å². The minimum atomic E-state index is -0.726. The van der Waals surface area contributed by atoms with Crippen molar-refractivity contribution in [2.24, 2.45) is 17.2 Å². The molecule has 0 aliphatic rings. The molecule has 0 saturated heterocycles. The zero-order valence-corrected chi connectivity index (χ0v) is 27.7. The van der Waals surface area contributed by atoms with Crippen molar-refractivity contribution in [2.75, 3.05) is 19.6 Å². The SMILES string of the molecule is CCCCCCCCCCCCN(CCCCCCCCCCCC)CCCc1c(C(N)=O)cc(C(N)=O)cc1C(N)=O. The number of nitrogens with two attached hydrogens (primary N) is 3. The monoisotopic (exact) mass is 600 g/mol. The van der Waals surface area contributed by atoms with E-state index in [0.29, 0.717) is 12.0 Å². The maximum atomic E-state index is 12.2. The van der Waals surface area contributed by atoms with Crippen molar-refractivity contribution in [2.45, 2.75) is 155 Å². The topological polar surface area (TPSA) is 133 Å². The van der Waals surface area contributed by atoms with Crippen molar-refractivity contribution >= 4 is 17.7 Å². The number of nitrogens with zero attached hydrogens (tertiary/aromatic N) is 1. The molecule has 7 nitrogen and oxygen atoms in total. The van der Waals surface area contributed by atoms with Gasteiger partial charge >= 0.3 is 0 Å². The zero-order chi connectivity index (χ0) is 31.7. The molecule has 0 heterocycles. The Kier molecular flexibility index (Phi) is 22.4. The molecule has 7 heteroatoms. The van der Waals surface area contributed by atoms with Crippen LogP contribution in [0.3, 0.4) is 0 Å². The van der Waals surface area contributed by atoms with Gasteiger partial charge in [0.2, 0.25) is 17.7 Å². The van der Waals surface area contributed by atoms with Gasteiger partial charge in [0.15, 0.2) is 0 Å². The summed E-state index contributed by atoms with van der Waals surface area (Å²) < 4.78 is 0. The molecular weight excluding hydrogens is 536 g/mol. The minimum Gasteiger partial charge on any atom is -0.366 e. The summed E-state index contributed by atoms with van der Waals surface area (Å²) in [6.45, 7) is 7.54. The molecule has 0 unspecified atom stereocenters. The maximum Gasteiger partial charge on any atom is 0.249 e. The van der Waals surface area contributed by atoms with Crippen molar-refractivity contribution in [3.8, 4) is 0 Å². The molecule has 0 aliphatic carbocycles. The van der Waals surface area contributed by atoms with Crippen LogP contribution in [-0.4, -0.2) is 42.3 Å². The average Bonchev–Trinajstić information content (AvgIpc) is 2.98. The molecule has 0 fully saturated rings. The Labute approximate surface area is 263 Å². The van der Waals surface area contributed by atoms with E-state index in [-0.39, 0.29) is 16.7 Å². The first kappa shape index (κ1) is 38.6. The fourth-order valence-corrected chi connectivity index (χ4v) is 5.98. The van der Waals surface area contributed by atoms with E-state index in [0.717, 1.165) is 26.1 Å². The summed E-state index contributed by atoms with van der Waals surface area (Å²) in [5.41, 5.74) is 17.5. The molecule has 0 atom stereocenters. The summed E-state index contributed by atoms with van der Waals surface area (Å²) in [5.74, 6) is -2.10. The Morgan fingerprint density at radius 1 is 0.488 bits per heavy atom. The molecule has 0 aromatic heterocycles. The van der Waals surface area contributed by atoms with Crippen LogP contribution in [0, 0.1) is 0 Å². The molecule has 1 aromatic rings. The van der Waals surface area contributed by atoms with Crippen LogP contribution in [-0.2, 0) is 6.42 Å². The van der Waals surface area contributed by atoms with Gasteiger partial charge in [0.1, 0.15) is 0 Å². The predicted octanol–water partition coefficient (Wildman–Crippen LogP) is 8.06. The van der Waals surface area contributed by atoms with Crippen molar-refractivity contribution in [1.29, 1.82) is 0 Å². The van der Waals surface area contributed by atoms with Gasteiger partial charge in [-0.2, -0.15) is 0 Å². The number of carbonyl (C=O) groups excluding carboxylic acids is 3. The molecule has 3 amide bonds. The second-order valence-electron chi connectivity index (χ2n) is 12.5. The number of hydrogen-bond acceptors (Lipinski definition) is 4. The van der Waals surface area contributed by atoms with Crippen molar-refractivity contribution < 1.29 is 14.4 Å². The number of carbonyl (C=O) groups is 3. The smallest absolute Gasteiger partial charge is 0.249 e. The zero-order valence-electron chi connectivity index (χ0n) is 27.7. The van der Waals surface area contributed by atoms with Gasteiger partial charge in [-0.25, -0.2) is 0 Å². The largest absolute Gasteiger partial charge is 0.366 e. The van der Waals surface area contributed by atoms with Crippen molar-refractivity contribution in [3.05, 3.63) is 34.4 Å². The van der Waals surface area contributed by atoms with Crippen LogP contribution >= 0.6 is 0 Å². The molecule has 0 saturated carbocycles. The van der Waals surface area contributed by atoms with Gasteiger partial charge in [-0.05, 0) is 63.0 Å². The summed E-state index contributed by atoms with van der Waals surface area (Å²) in [4.78, 5) is 38.7. The predicted molar refractivity (Wildman–Crippen MR) is 180 cm³/mol. The first-order chi connectivity index (χ1) is 20.8. The third kappa shape index (κ3) is 18.1. The maximum absolute atomic E-state index is 12.2. The van der Waals surface area contributed by atoms with Gasteiger partial charge in [0.05, 0.1) is 0 Å². The van der Waals surface area contributed by atoms with Crippen LogP contribution in [0.2, 0.25) is 0 Å². The standard InChI is InChI=1S/C36H64N4O3/c1-3-5-7-9-11-13-15-17-19-21-25-40(26-22-20-18-16-14-12-10-8-6-4-2)27-23-24-31-32(35(38)42)28-30(34(37)41)29-33(31)36(39)43/h28-29H,3-27H2,1-2H3,(H2,37,41)(H2,38,42)(H2,39,43).